The number of aliphatic hydroxyl groups is 1. The van der Waals surface area contributed by atoms with Gasteiger partial charge in [0.1, 0.15) is 23.4 Å². The van der Waals surface area contributed by atoms with E-state index in [9.17, 15) is 38.7 Å². The van der Waals surface area contributed by atoms with Crippen molar-refractivity contribution in [3.05, 3.63) is 60.2 Å². The van der Waals surface area contributed by atoms with E-state index in [0.717, 1.165) is 34.6 Å². The molecular formula is C41H54O15. The zero-order valence-electron chi connectivity index (χ0n) is 33.8. The van der Waals surface area contributed by atoms with Crippen LogP contribution in [0.4, 0.5) is 0 Å². The fourth-order valence-corrected chi connectivity index (χ4v) is 7.58. The Balaban J connectivity index is 2.63. The Morgan fingerprint density at radius 1 is 0.714 bits per heavy atom. The molecule has 0 aromatic heterocycles. The van der Waals surface area contributed by atoms with Crippen LogP contribution < -0.4 is 0 Å². The van der Waals surface area contributed by atoms with Crippen molar-refractivity contribution in [1.82, 2.24) is 0 Å². The highest BCUT2D eigenvalue weighted by molar-refractivity contribution is 5.89. The lowest BCUT2D eigenvalue weighted by Gasteiger charge is -2.46. The molecule has 308 valence electrons. The van der Waals surface area contributed by atoms with Crippen LogP contribution in [0.25, 0.3) is 0 Å². The van der Waals surface area contributed by atoms with E-state index in [1.165, 1.54) is 32.9 Å². The summed E-state index contributed by atoms with van der Waals surface area (Å²) in [5.74, 6) is -9.46. The third kappa shape index (κ3) is 10.4. The lowest BCUT2D eigenvalue weighted by molar-refractivity contribution is -0.198. The van der Waals surface area contributed by atoms with Gasteiger partial charge in [-0.15, -0.1) is 0 Å². The maximum Gasteiger partial charge on any atom is 0.338 e. The number of hydrogen-bond donors (Lipinski definition) is 1. The summed E-state index contributed by atoms with van der Waals surface area (Å²) in [6, 6.07) is 7.68. The van der Waals surface area contributed by atoms with E-state index in [1.54, 1.807) is 51.1 Å². The SMILES string of the molecule is C=C1C(OC(=O)C(C)C)C(OC(C)=O)C(OC(C)=O)C(C)(C)C=CC(C)C(OC(C)=O)C2(O)CC(C)(OC(C)=O)C(OC(C)=O)C2C1OC(=O)c1ccccc1. The van der Waals surface area contributed by atoms with Gasteiger partial charge in [0.15, 0.2) is 24.4 Å². The van der Waals surface area contributed by atoms with Crippen LogP contribution in [-0.4, -0.2) is 94.7 Å². The normalized spacial score (nSPS) is 31.3. The molecular weight excluding hydrogens is 732 g/mol. The van der Waals surface area contributed by atoms with Crippen molar-refractivity contribution in [2.45, 2.75) is 130 Å². The van der Waals surface area contributed by atoms with Gasteiger partial charge in [-0.2, -0.15) is 0 Å². The summed E-state index contributed by atoms with van der Waals surface area (Å²) in [5, 5.41) is 13.3. The first-order valence-electron chi connectivity index (χ1n) is 18.3. The molecule has 15 nitrogen and oxygen atoms in total. The summed E-state index contributed by atoms with van der Waals surface area (Å²) in [6.07, 6.45) is -7.36. The number of ether oxygens (including phenoxy) is 7. The minimum atomic E-state index is -2.40. The Morgan fingerprint density at radius 3 is 1.73 bits per heavy atom. The van der Waals surface area contributed by atoms with Crippen LogP contribution in [0.2, 0.25) is 0 Å². The molecule has 0 aliphatic heterocycles. The molecule has 10 atom stereocenters. The average Bonchev–Trinajstić information content (AvgIpc) is 3.28. The summed E-state index contributed by atoms with van der Waals surface area (Å²) < 4.78 is 41.5. The van der Waals surface area contributed by atoms with Gasteiger partial charge in [0.25, 0.3) is 0 Å². The van der Waals surface area contributed by atoms with Gasteiger partial charge in [0.05, 0.1) is 17.4 Å². The zero-order chi connectivity index (χ0) is 42.5. The number of esters is 7. The highest BCUT2D eigenvalue weighted by Crippen LogP contribution is 2.54. The van der Waals surface area contributed by atoms with Gasteiger partial charge < -0.3 is 38.3 Å². The number of carbonyl (C=O) groups excluding carboxylic acids is 7. The summed E-state index contributed by atoms with van der Waals surface area (Å²) in [6.45, 7) is 19.1. The number of rotatable bonds is 9. The second-order valence-electron chi connectivity index (χ2n) is 15.6. The van der Waals surface area contributed by atoms with Crippen LogP contribution in [-0.2, 0) is 61.9 Å². The van der Waals surface area contributed by atoms with Gasteiger partial charge in [-0.25, -0.2) is 4.79 Å². The van der Waals surface area contributed by atoms with Crippen molar-refractivity contribution >= 4 is 41.8 Å². The maximum atomic E-state index is 14.1. The van der Waals surface area contributed by atoms with Gasteiger partial charge in [-0.1, -0.05) is 71.5 Å². The smallest absolute Gasteiger partial charge is 0.338 e. The van der Waals surface area contributed by atoms with Gasteiger partial charge >= 0.3 is 41.8 Å². The first-order chi connectivity index (χ1) is 25.8. The Kier molecular flexibility index (Phi) is 14.4. The summed E-state index contributed by atoms with van der Waals surface area (Å²) >= 11 is 0. The van der Waals surface area contributed by atoms with Gasteiger partial charge in [-0.05, 0) is 19.1 Å². The van der Waals surface area contributed by atoms with Gasteiger partial charge in [0.2, 0.25) is 0 Å². The highest BCUT2D eigenvalue weighted by Gasteiger charge is 2.70. The van der Waals surface area contributed by atoms with E-state index < -0.39 is 119 Å². The van der Waals surface area contributed by atoms with Crippen LogP contribution in [0.15, 0.2) is 54.6 Å². The van der Waals surface area contributed by atoms with Crippen molar-refractivity contribution < 1.29 is 71.8 Å². The summed E-state index contributed by atoms with van der Waals surface area (Å²) in [5.41, 5.74) is -5.85. The Bertz CT molecular complexity index is 1710. The quantitative estimate of drug-likeness (QED) is 0.210. The molecule has 15 heteroatoms. The van der Waals surface area contributed by atoms with E-state index in [2.05, 4.69) is 6.58 Å². The summed E-state index contributed by atoms with van der Waals surface area (Å²) in [7, 11) is 0. The largest absolute Gasteiger partial charge is 0.459 e. The molecule has 1 aromatic carbocycles. The molecule has 1 saturated carbocycles. The molecule has 56 heavy (non-hydrogen) atoms. The predicted molar refractivity (Wildman–Crippen MR) is 197 cm³/mol. The standard InChI is InChI=1S/C41H54O15/c1-21(2)37(47)55-32-23(4)31(54-38(48)29-16-14-13-15-17-29)30-35(52-26(7)44)40(12,56-28(9)46)20-41(30,49)34(51-25(6)43)22(3)18-19-39(10,11)36(53-27(8)45)33(32)50-24(5)42/h13-19,21-22,30-36,49H,4,20H2,1-3,5-12H3. The molecule has 1 fully saturated rings. The fraction of sp³-hybridized carbons (Fsp3) is 0.585. The van der Waals surface area contributed by atoms with Crippen molar-refractivity contribution in [2.24, 2.45) is 23.2 Å². The van der Waals surface area contributed by atoms with Crippen molar-refractivity contribution in [3.63, 3.8) is 0 Å². The maximum absolute atomic E-state index is 14.1. The molecule has 2 aliphatic rings. The third-order valence-corrected chi connectivity index (χ3v) is 9.84. The highest BCUT2D eigenvalue weighted by atomic mass is 16.6. The lowest BCUT2D eigenvalue weighted by atomic mass is 9.71. The fourth-order valence-electron chi connectivity index (χ4n) is 7.58. The van der Waals surface area contributed by atoms with Crippen LogP contribution in [0.5, 0.6) is 0 Å². The van der Waals surface area contributed by atoms with E-state index in [4.69, 9.17) is 33.2 Å². The number of fused-ring (bicyclic) bond motifs is 1. The molecule has 0 spiro atoms. The Morgan fingerprint density at radius 2 is 1.23 bits per heavy atom. The van der Waals surface area contributed by atoms with Gasteiger partial charge in [-0.3, -0.25) is 28.8 Å². The lowest BCUT2D eigenvalue weighted by Crippen LogP contribution is -2.60. The first-order valence-corrected chi connectivity index (χ1v) is 18.3. The van der Waals surface area contributed by atoms with E-state index in [1.807, 2.05) is 0 Å². The number of hydrogen-bond acceptors (Lipinski definition) is 15. The molecule has 10 unspecified atom stereocenters. The molecule has 0 saturated heterocycles. The Labute approximate surface area is 327 Å². The van der Waals surface area contributed by atoms with E-state index in [0.29, 0.717) is 0 Å². The molecule has 3 rings (SSSR count). The number of carbonyl (C=O) groups is 7. The number of benzene rings is 1. The van der Waals surface area contributed by atoms with Crippen LogP contribution in [0, 0.1) is 23.2 Å². The van der Waals surface area contributed by atoms with Crippen LogP contribution in [0.3, 0.4) is 0 Å². The molecule has 0 amide bonds. The molecule has 1 aromatic rings. The third-order valence-electron chi connectivity index (χ3n) is 9.84. The predicted octanol–water partition coefficient (Wildman–Crippen LogP) is 4.37. The monoisotopic (exact) mass is 786 g/mol. The minimum Gasteiger partial charge on any atom is -0.459 e. The van der Waals surface area contributed by atoms with Crippen molar-refractivity contribution in [3.8, 4) is 0 Å². The zero-order valence-corrected chi connectivity index (χ0v) is 33.8. The second-order valence-corrected chi connectivity index (χ2v) is 15.6. The van der Waals surface area contributed by atoms with E-state index in [-0.39, 0.29) is 11.1 Å². The first kappa shape index (κ1) is 45.3. The second kappa shape index (κ2) is 17.8. The van der Waals surface area contributed by atoms with Crippen molar-refractivity contribution in [2.75, 3.05) is 0 Å². The van der Waals surface area contributed by atoms with E-state index >= 15 is 0 Å². The van der Waals surface area contributed by atoms with Gasteiger partial charge in [0, 0.05) is 57.9 Å². The molecule has 1 N–H and O–H groups in total. The molecule has 0 heterocycles. The van der Waals surface area contributed by atoms with Crippen LogP contribution >= 0.6 is 0 Å². The molecule has 2 aliphatic carbocycles. The minimum absolute atomic E-state index is 0.0266. The van der Waals surface area contributed by atoms with Crippen LogP contribution in [0.1, 0.15) is 92.9 Å². The average molecular weight is 787 g/mol. The molecule has 0 bridgehead atoms. The van der Waals surface area contributed by atoms with Crippen molar-refractivity contribution in [1.29, 1.82) is 0 Å². The Hall–Kier alpha value is -5.05. The molecule has 0 radical (unpaired) electrons. The summed E-state index contributed by atoms with van der Waals surface area (Å²) in [4.78, 5) is 91.9. The topological polar surface area (TPSA) is 204 Å².